The van der Waals surface area contributed by atoms with E-state index in [1.807, 2.05) is 18.2 Å². The molecule has 1 saturated heterocycles. The Kier molecular flexibility index (Phi) is 4.59. The van der Waals surface area contributed by atoms with E-state index >= 15 is 0 Å². The number of rotatable bonds is 5. The van der Waals surface area contributed by atoms with Gasteiger partial charge in [-0.1, -0.05) is 49.6 Å². The van der Waals surface area contributed by atoms with E-state index in [1.165, 1.54) is 24.8 Å². The van der Waals surface area contributed by atoms with Crippen molar-refractivity contribution in [3.8, 4) is 0 Å². The average Bonchev–Trinajstić information content (AvgIpc) is 2.51. The molecule has 0 bridgehead atoms. The number of carbonyl (C=O) groups excluding carboxylic acids is 1. The number of piperidine rings is 1. The number of hydrogen-bond acceptors (Lipinski definition) is 2. The first-order valence-corrected chi connectivity index (χ1v) is 8.36. The van der Waals surface area contributed by atoms with Crippen molar-refractivity contribution in [1.29, 1.82) is 0 Å². The van der Waals surface area contributed by atoms with E-state index in [0.29, 0.717) is 0 Å². The Balaban J connectivity index is 1.67. The maximum absolute atomic E-state index is 12.9. The predicted octanol–water partition coefficient (Wildman–Crippen LogP) is 2.61. The van der Waals surface area contributed by atoms with E-state index in [1.54, 1.807) is 0 Å². The smallest absolute Gasteiger partial charge is 0.230 e. The van der Waals surface area contributed by atoms with Gasteiger partial charge in [-0.15, -0.1) is 0 Å². The summed E-state index contributed by atoms with van der Waals surface area (Å²) in [6, 6.07) is 10.3. The van der Waals surface area contributed by atoms with Crippen LogP contribution in [0.15, 0.2) is 30.3 Å². The molecule has 1 heterocycles. The average molecular weight is 286 g/mol. The van der Waals surface area contributed by atoms with Crippen LogP contribution in [-0.4, -0.2) is 25.5 Å². The van der Waals surface area contributed by atoms with Gasteiger partial charge in [-0.3, -0.25) is 4.79 Å². The van der Waals surface area contributed by atoms with Crippen molar-refractivity contribution in [2.75, 3.05) is 19.6 Å². The molecule has 0 spiro atoms. The summed E-state index contributed by atoms with van der Waals surface area (Å²) in [5.41, 5.74) is 0.846. The molecule has 1 amide bonds. The SMILES string of the molecule is O=C(NCCC1CCC1)C1(c2ccccc2)CCNCC1. The molecule has 3 heteroatoms. The summed E-state index contributed by atoms with van der Waals surface area (Å²) in [7, 11) is 0. The summed E-state index contributed by atoms with van der Waals surface area (Å²) in [5.74, 6) is 1.08. The Morgan fingerprint density at radius 3 is 2.52 bits per heavy atom. The summed E-state index contributed by atoms with van der Waals surface area (Å²) in [6.07, 6.45) is 7.01. The Morgan fingerprint density at radius 1 is 1.19 bits per heavy atom. The lowest BCUT2D eigenvalue weighted by Gasteiger charge is -2.37. The van der Waals surface area contributed by atoms with E-state index in [9.17, 15) is 4.79 Å². The number of benzene rings is 1. The number of amides is 1. The third kappa shape index (κ3) is 3.13. The first-order chi connectivity index (χ1) is 10.3. The predicted molar refractivity (Wildman–Crippen MR) is 85.2 cm³/mol. The van der Waals surface area contributed by atoms with Crippen molar-refractivity contribution in [3.63, 3.8) is 0 Å². The molecule has 21 heavy (non-hydrogen) atoms. The summed E-state index contributed by atoms with van der Waals surface area (Å²) < 4.78 is 0. The van der Waals surface area contributed by atoms with Gasteiger partial charge in [0.25, 0.3) is 0 Å². The highest BCUT2D eigenvalue weighted by atomic mass is 16.2. The molecule has 1 saturated carbocycles. The fourth-order valence-corrected chi connectivity index (χ4v) is 3.60. The van der Waals surface area contributed by atoms with Gasteiger partial charge < -0.3 is 10.6 Å². The zero-order valence-corrected chi connectivity index (χ0v) is 12.7. The van der Waals surface area contributed by atoms with E-state index in [0.717, 1.165) is 44.8 Å². The molecule has 2 fully saturated rings. The third-order valence-corrected chi connectivity index (χ3v) is 5.28. The lowest BCUT2D eigenvalue weighted by molar-refractivity contribution is -0.127. The van der Waals surface area contributed by atoms with Crippen molar-refractivity contribution < 1.29 is 4.79 Å². The van der Waals surface area contributed by atoms with E-state index in [-0.39, 0.29) is 11.3 Å². The molecule has 3 rings (SSSR count). The Morgan fingerprint density at radius 2 is 1.90 bits per heavy atom. The largest absolute Gasteiger partial charge is 0.355 e. The quantitative estimate of drug-likeness (QED) is 0.873. The molecule has 0 atom stereocenters. The van der Waals surface area contributed by atoms with Gasteiger partial charge in [0.1, 0.15) is 0 Å². The summed E-state index contributed by atoms with van der Waals surface area (Å²) in [4.78, 5) is 12.9. The molecule has 1 aromatic rings. The van der Waals surface area contributed by atoms with Gasteiger partial charge in [0, 0.05) is 6.54 Å². The Bertz CT molecular complexity index is 461. The minimum atomic E-state index is -0.327. The minimum absolute atomic E-state index is 0.231. The van der Waals surface area contributed by atoms with Gasteiger partial charge in [0.05, 0.1) is 5.41 Å². The number of nitrogens with one attached hydrogen (secondary N) is 2. The standard InChI is InChI=1S/C18H26N2O/c21-17(20-12-9-15-5-4-6-15)18(10-13-19-14-11-18)16-7-2-1-3-8-16/h1-3,7-8,15,19H,4-6,9-14H2,(H,20,21). The fourth-order valence-electron chi connectivity index (χ4n) is 3.60. The first-order valence-electron chi connectivity index (χ1n) is 8.36. The molecule has 1 aromatic carbocycles. The lowest BCUT2D eigenvalue weighted by Crippen LogP contribution is -2.51. The second-order valence-corrected chi connectivity index (χ2v) is 6.54. The van der Waals surface area contributed by atoms with Crippen LogP contribution in [0.2, 0.25) is 0 Å². The normalized spacial score (nSPS) is 21.5. The molecule has 0 aromatic heterocycles. The number of hydrogen-bond donors (Lipinski definition) is 2. The second kappa shape index (κ2) is 6.61. The van der Waals surface area contributed by atoms with E-state index in [4.69, 9.17) is 0 Å². The van der Waals surface area contributed by atoms with Gasteiger partial charge in [-0.2, -0.15) is 0 Å². The Hall–Kier alpha value is -1.35. The van der Waals surface area contributed by atoms with Crippen molar-refractivity contribution in [3.05, 3.63) is 35.9 Å². The zero-order chi connectivity index (χ0) is 14.5. The highest BCUT2D eigenvalue weighted by molar-refractivity contribution is 5.88. The van der Waals surface area contributed by atoms with Gasteiger partial charge in [0.15, 0.2) is 0 Å². The molecule has 1 aliphatic heterocycles. The zero-order valence-electron chi connectivity index (χ0n) is 12.7. The van der Waals surface area contributed by atoms with Gasteiger partial charge >= 0.3 is 0 Å². The van der Waals surface area contributed by atoms with Crippen LogP contribution in [-0.2, 0) is 10.2 Å². The van der Waals surface area contributed by atoms with Crippen molar-refractivity contribution in [1.82, 2.24) is 10.6 Å². The van der Waals surface area contributed by atoms with Crippen LogP contribution in [0.1, 0.15) is 44.1 Å². The molecule has 1 aliphatic carbocycles. The second-order valence-electron chi connectivity index (χ2n) is 6.54. The van der Waals surface area contributed by atoms with Gasteiger partial charge in [-0.05, 0) is 43.8 Å². The molecular formula is C18H26N2O. The van der Waals surface area contributed by atoms with Crippen LogP contribution in [0.3, 0.4) is 0 Å². The van der Waals surface area contributed by atoms with Gasteiger partial charge in [0.2, 0.25) is 5.91 Å². The molecule has 0 radical (unpaired) electrons. The van der Waals surface area contributed by atoms with Crippen molar-refractivity contribution >= 4 is 5.91 Å². The maximum atomic E-state index is 12.9. The molecular weight excluding hydrogens is 260 g/mol. The lowest BCUT2D eigenvalue weighted by atomic mass is 9.72. The monoisotopic (exact) mass is 286 g/mol. The van der Waals surface area contributed by atoms with Crippen LogP contribution in [0.25, 0.3) is 0 Å². The summed E-state index contributed by atoms with van der Waals surface area (Å²) >= 11 is 0. The van der Waals surface area contributed by atoms with Gasteiger partial charge in [-0.25, -0.2) is 0 Å². The van der Waals surface area contributed by atoms with Crippen molar-refractivity contribution in [2.24, 2.45) is 5.92 Å². The fraction of sp³-hybridized carbons (Fsp3) is 0.611. The maximum Gasteiger partial charge on any atom is 0.230 e. The number of carbonyl (C=O) groups is 1. The highest BCUT2D eigenvalue weighted by Gasteiger charge is 2.40. The van der Waals surface area contributed by atoms with E-state index < -0.39 is 0 Å². The highest BCUT2D eigenvalue weighted by Crippen LogP contribution is 2.34. The summed E-state index contributed by atoms with van der Waals surface area (Å²) in [5, 5.41) is 6.60. The molecule has 114 valence electrons. The molecule has 2 aliphatic rings. The van der Waals surface area contributed by atoms with Crippen LogP contribution in [0.5, 0.6) is 0 Å². The Labute approximate surface area is 127 Å². The molecule has 3 nitrogen and oxygen atoms in total. The minimum Gasteiger partial charge on any atom is -0.355 e. The van der Waals surface area contributed by atoms with Crippen LogP contribution >= 0.6 is 0 Å². The van der Waals surface area contributed by atoms with E-state index in [2.05, 4.69) is 22.8 Å². The first kappa shape index (κ1) is 14.6. The molecule has 0 unspecified atom stereocenters. The topological polar surface area (TPSA) is 41.1 Å². The molecule has 2 N–H and O–H groups in total. The van der Waals surface area contributed by atoms with Crippen LogP contribution < -0.4 is 10.6 Å². The van der Waals surface area contributed by atoms with Crippen molar-refractivity contribution in [2.45, 2.75) is 43.9 Å². The van der Waals surface area contributed by atoms with Crippen LogP contribution in [0.4, 0.5) is 0 Å². The summed E-state index contributed by atoms with van der Waals surface area (Å²) in [6.45, 7) is 2.68. The third-order valence-electron chi connectivity index (χ3n) is 5.28. The van der Waals surface area contributed by atoms with Crippen LogP contribution in [0, 0.1) is 5.92 Å².